The van der Waals surface area contributed by atoms with Crippen LogP contribution in [0, 0.1) is 0 Å². The normalized spacial score (nSPS) is 17.8. The van der Waals surface area contributed by atoms with Gasteiger partial charge in [-0.25, -0.2) is 4.98 Å². The van der Waals surface area contributed by atoms with Crippen molar-refractivity contribution in [1.82, 2.24) is 14.9 Å². The minimum Gasteiger partial charge on any atom is -0.356 e. The number of amides is 1. The van der Waals surface area contributed by atoms with E-state index in [0.29, 0.717) is 13.0 Å². The molecule has 2 aliphatic rings. The Morgan fingerprint density at radius 3 is 2.96 bits per heavy atom. The van der Waals surface area contributed by atoms with E-state index in [-0.39, 0.29) is 17.5 Å². The van der Waals surface area contributed by atoms with Gasteiger partial charge in [0.15, 0.2) is 5.16 Å². The maximum atomic E-state index is 12.7. The smallest absolute Gasteiger partial charge is 0.257 e. The van der Waals surface area contributed by atoms with Crippen LogP contribution in [0.15, 0.2) is 40.3 Å². The summed E-state index contributed by atoms with van der Waals surface area (Å²) in [6.45, 7) is 0.664. The fraction of sp³-hybridized carbons (Fsp3) is 0.450. The SMILES string of the molecule is O=C(CC1CSc2nc3c(c(=O)n21)CCC3)NCCCc1ccccc1. The summed E-state index contributed by atoms with van der Waals surface area (Å²) in [5, 5.41) is 3.79. The quantitative estimate of drug-likeness (QED) is 0.628. The van der Waals surface area contributed by atoms with Gasteiger partial charge in [0.1, 0.15) is 0 Å². The molecule has 0 spiro atoms. The lowest BCUT2D eigenvalue weighted by molar-refractivity contribution is -0.121. The molecule has 6 heteroatoms. The van der Waals surface area contributed by atoms with E-state index in [4.69, 9.17) is 0 Å². The second-order valence-electron chi connectivity index (χ2n) is 6.96. The first kappa shape index (κ1) is 17.3. The Bertz CT molecular complexity index is 863. The first-order valence-electron chi connectivity index (χ1n) is 9.30. The van der Waals surface area contributed by atoms with Gasteiger partial charge in [0, 0.05) is 24.3 Å². The van der Waals surface area contributed by atoms with Crippen molar-refractivity contribution in [3.63, 3.8) is 0 Å². The molecule has 4 rings (SSSR count). The number of benzene rings is 1. The van der Waals surface area contributed by atoms with Crippen LogP contribution in [0.2, 0.25) is 0 Å². The molecule has 26 heavy (non-hydrogen) atoms. The third kappa shape index (κ3) is 3.56. The first-order chi connectivity index (χ1) is 12.7. The van der Waals surface area contributed by atoms with E-state index >= 15 is 0 Å². The van der Waals surface area contributed by atoms with Gasteiger partial charge in [-0.2, -0.15) is 0 Å². The van der Waals surface area contributed by atoms with E-state index in [1.807, 2.05) is 18.2 Å². The largest absolute Gasteiger partial charge is 0.356 e. The highest BCUT2D eigenvalue weighted by molar-refractivity contribution is 7.99. The van der Waals surface area contributed by atoms with Crippen LogP contribution in [-0.2, 0) is 24.1 Å². The van der Waals surface area contributed by atoms with Gasteiger partial charge in [-0.3, -0.25) is 14.2 Å². The van der Waals surface area contributed by atoms with Gasteiger partial charge in [-0.15, -0.1) is 0 Å². The molecule has 136 valence electrons. The van der Waals surface area contributed by atoms with Crippen LogP contribution < -0.4 is 10.9 Å². The zero-order valence-electron chi connectivity index (χ0n) is 14.7. The molecule has 1 amide bonds. The fourth-order valence-corrected chi connectivity index (χ4v) is 4.91. The monoisotopic (exact) mass is 369 g/mol. The minimum absolute atomic E-state index is 0.0175. The number of rotatable bonds is 6. The number of aromatic nitrogens is 2. The lowest BCUT2D eigenvalue weighted by Gasteiger charge is -2.14. The van der Waals surface area contributed by atoms with Crippen LogP contribution in [0.4, 0.5) is 0 Å². The molecule has 0 radical (unpaired) electrons. The number of hydrogen-bond acceptors (Lipinski definition) is 4. The van der Waals surface area contributed by atoms with E-state index in [1.165, 1.54) is 5.56 Å². The minimum atomic E-state index is -0.0741. The number of nitrogens with zero attached hydrogens (tertiary/aromatic N) is 2. The van der Waals surface area contributed by atoms with Crippen LogP contribution in [0.5, 0.6) is 0 Å². The summed E-state index contributed by atoms with van der Waals surface area (Å²) in [7, 11) is 0. The summed E-state index contributed by atoms with van der Waals surface area (Å²) in [6, 6.07) is 10.2. The Morgan fingerprint density at radius 2 is 2.12 bits per heavy atom. The van der Waals surface area contributed by atoms with Gasteiger partial charge >= 0.3 is 0 Å². The maximum absolute atomic E-state index is 12.7. The molecular formula is C20H23N3O2S. The summed E-state index contributed by atoms with van der Waals surface area (Å²) >= 11 is 1.60. The third-order valence-electron chi connectivity index (χ3n) is 5.10. The van der Waals surface area contributed by atoms with Crippen molar-refractivity contribution in [3.8, 4) is 0 Å². The number of carbonyl (C=O) groups excluding carboxylic acids is 1. The van der Waals surface area contributed by atoms with Crippen molar-refractivity contribution in [2.45, 2.75) is 49.7 Å². The maximum Gasteiger partial charge on any atom is 0.257 e. The highest BCUT2D eigenvalue weighted by Crippen LogP contribution is 2.33. The summed E-state index contributed by atoms with van der Waals surface area (Å²) in [5.41, 5.74) is 3.20. The molecule has 2 aromatic rings. The standard InChI is InChI=1S/C20H23N3O2S/c24-18(21-11-5-8-14-6-2-1-3-7-14)12-15-13-26-20-22-17-10-4-9-16(17)19(25)23(15)20/h1-3,6-7,15H,4-5,8-13H2,(H,21,24). The third-order valence-corrected chi connectivity index (χ3v) is 6.20. The van der Waals surface area contributed by atoms with E-state index < -0.39 is 0 Å². The molecule has 0 bridgehead atoms. The predicted octanol–water partition coefficient (Wildman–Crippen LogP) is 2.52. The molecule has 0 saturated carbocycles. The van der Waals surface area contributed by atoms with Crippen molar-refractivity contribution in [1.29, 1.82) is 0 Å². The number of aryl methyl sites for hydroxylation is 2. The van der Waals surface area contributed by atoms with Gasteiger partial charge in [0.2, 0.25) is 5.91 Å². The molecule has 1 unspecified atom stereocenters. The molecule has 1 N–H and O–H groups in total. The molecule has 1 aromatic heterocycles. The molecule has 1 aliphatic heterocycles. The summed E-state index contributed by atoms with van der Waals surface area (Å²) in [6.07, 6.45) is 4.97. The molecule has 0 saturated heterocycles. The molecule has 0 fully saturated rings. The lowest BCUT2D eigenvalue weighted by Crippen LogP contribution is -2.32. The molecule has 1 aromatic carbocycles. The molecule has 5 nitrogen and oxygen atoms in total. The number of nitrogens with one attached hydrogen (secondary N) is 1. The van der Waals surface area contributed by atoms with Crippen molar-refractivity contribution in [2.24, 2.45) is 0 Å². The number of carbonyl (C=O) groups is 1. The molecule has 1 aliphatic carbocycles. The summed E-state index contributed by atoms with van der Waals surface area (Å²) in [5.74, 6) is 0.770. The summed E-state index contributed by atoms with van der Waals surface area (Å²) in [4.78, 5) is 29.7. The molecule has 2 heterocycles. The summed E-state index contributed by atoms with van der Waals surface area (Å²) < 4.78 is 1.76. The van der Waals surface area contributed by atoms with Gasteiger partial charge in [0.05, 0.1) is 11.7 Å². The molecule has 1 atom stereocenters. The van der Waals surface area contributed by atoms with Crippen LogP contribution >= 0.6 is 11.8 Å². The van der Waals surface area contributed by atoms with Gasteiger partial charge in [-0.1, -0.05) is 42.1 Å². The first-order valence-corrected chi connectivity index (χ1v) is 10.3. The highest BCUT2D eigenvalue weighted by atomic mass is 32.2. The van der Waals surface area contributed by atoms with Crippen LogP contribution in [-0.4, -0.2) is 27.8 Å². The second-order valence-corrected chi connectivity index (χ2v) is 7.94. The Labute approximate surface area is 157 Å². The zero-order valence-corrected chi connectivity index (χ0v) is 15.6. The van der Waals surface area contributed by atoms with Crippen molar-refractivity contribution in [2.75, 3.05) is 12.3 Å². The van der Waals surface area contributed by atoms with E-state index in [2.05, 4.69) is 22.4 Å². The zero-order chi connectivity index (χ0) is 17.9. The second kappa shape index (κ2) is 7.66. The average Bonchev–Trinajstić information content (AvgIpc) is 3.27. The predicted molar refractivity (Wildman–Crippen MR) is 103 cm³/mol. The van der Waals surface area contributed by atoms with Crippen molar-refractivity contribution < 1.29 is 4.79 Å². The van der Waals surface area contributed by atoms with E-state index in [1.54, 1.807) is 16.3 Å². The van der Waals surface area contributed by atoms with Gasteiger partial charge in [0.25, 0.3) is 5.56 Å². The van der Waals surface area contributed by atoms with Crippen LogP contribution in [0.3, 0.4) is 0 Å². The Hall–Kier alpha value is -2.08. The van der Waals surface area contributed by atoms with E-state index in [9.17, 15) is 9.59 Å². The van der Waals surface area contributed by atoms with Crippen LogP contribution in [0.1, 0.15) is 42.1 Å². The highest BCUT2D eigenvalue weighted by Gasteiger charge is 2.30. The Kier molecular flexibility index (Phi) is 5.11. The number of hydrogen-bond donors (Lipinski definition) is 1. The number of thioether (sulfide) groups is 1. The average molecular weight is 369 g/mol. The van der Waals surface area contributed by atoms with Crippen molar-refractivity contribution >= 4 is 17.7 Å². The lowest BCUT2D eigenvalue weighted by atomic mass is 10.1. The van der Waals surface area contributed by atoms with Gasteiger partial charge in [-0.05, 0) is 37.7 Å². The van der Waals surface area contributed by atoms with Crippen LogP contribution in [0.25, 0.3) is 0 Å². The number of fused-ring (bicyclic) bond motifs is 2. The van der Waals surface area contributed by atoms with E-state index in [0.717, 1.165) is 54.3 Å². The van der Waals surface area contributed by atoms with Gasteiger partial charge < -0.3 is 5.32 Å². The Morgan fingerprint density at radius 1 is 1.27 bits per heavy atom. The Balaban J connectivity index is 1.32. The topological polar surface area (TPSA) is 64.0 Å². The molecular weight excluding hydrogens is 346 g/mol. The van der Waals surface area contributed by atoms with Crippen molar-refractivity contribution in [3.05, 3.63) is 57.5 Å². The fourth-order valence-electron chi connectivity index (χ4n) is 3.75.